The predicted octanol–water partition coefficient (Wildman–Crippen LogP) is 3.51. The normalized spacial score (nSPS) is 12.0. The maximum atomic E-state index is 9.22. The molecule has 0 heterocycles. The number of hydrogen-bond donors (Lipinski definition) is 2. The van der Waals surface area contributed by atoms with Gasteiger partial charge in [-0.1, -0.05) is 39.5 Å². The lowest BCUT2D eigenvalue weighted by atomic mass is 9.73. The highest BCUT2D eigenvalue weighted by Gasteiger charge is 2.26. The summed E-state index contributed by atoms with van der Waals surface area (Å²) in [6.45, 7) is 5.10. The molecule has 0 spiro atoms. The van der Waals surface area contributed by atoms with Crippen LogP contribution in [0.5, 0.6) is 0 Å². The molecule has 0 saturated heterocycles. The van der Waals surface area contributed by atoms with Gasteiger partial charge in [0, 0.05) is 13.2 Å². The Morgan fingerprint density at radius 1 is 0.688 bits per heavy atom. The highest BCUT2D eigenvalue weighted by molar-refractivity contribution is 4.78. The Balaban J connectivity index is 4.12. The van der Waals surface area contributed by atoms with E-state index in [4.69, 9.17) is 5.11 Å². The number of aliphatic hydroxyl groups is 2. The van der Waals surface area contributed by atoms with Crippen LogP contribution in [0.15, 0.2) is 0 Å². The summed E-state index contributed by atoms with van der Waals surface area (Å²) < 4.78 is 0. The Kier molecular flexibility index (Phi) is 10.0. The molecule has 2 nitrogen and oxygen atoms in total. The fraction of sp³-hybridized carbons (Fsp3) is 1.00. The lowest BCUT2D eigenvalue weighted by Crippen LogP contribution is -2.22. The molecule has 0 aromatic rings. The van der Waals surface area contributed by atoms with Gasteiger partial charge in [-0.15, -0.1) is 0 Å². The average Bonchev–Trinajstić information content (AvgIpc) is 2.26. The molecule has 2 N–H and O–H groups in total. The highest BCUT2D eigenvalue weighted by atomic mass is 16.3. The summed E-state index contributed by atoms with van der Waals surface area (Å²) in [5.41, 5.74) is 0.369. The van der Waals surface area contributed by atoms with Crippen molar-refractivity contribution in [1.82, 2.24) is 0 Å². The summed E-state index contributed by atoms with van der Waals surface area (Å²) in [5.74, 6) is 0. The van der Waals surface area contributed by atoms with E-state index in [2.05, 4.69) is 13.8 Å². The van der Waals surface area contributed by atoms with Crippen molar-refractivity contribution in [2.75, 3.05) is 13.2 Å². The third kappa shape index (κ3) is 6.49. The maximum Gasteiger partial charge on any atom is 0.0436 e. The zero-order valence-electron chi connectivity index (χ0n) is 11.2. The minimum atomic E-state index is 0.314. The van der Waals surface area contributed by atoms with Crippen molar-refractivity contribution >= 4 is 0 Å². The zero-order valence-corrected chi connectivity index (χ0v) is 11.2. The van der Waals surface area contributed by atoms with Crippen LogP contribution in [0.1, 0.15) is 71.6 Å². The molecule has 0 aromatic carbocycles. The SMILES string of the molecule is CCCC(CCC)(CCO)CCCCCO. The molecule has 98 valence electrons. The number of rotatable bonds is 11. The number of unbranched alkanes of at least 4 members (excludes halogenated alkanes) is 2. The first-order valence-corrected chi connectivity index (χ1v) is 6.96. The molecule has 0 atom stereocenters. The molecule has 0 aromatic heterocycles. The lowest BCUT2D eigenvalue weighted by molar-refractivity contribution is 0.137. The second kappa shape index (κ2) is 10.1. The standard InChI is InChI=1S/C14H30O2/c1-3-8-14(9-4-2,11-13-16)10-6-5-7-12-15/h15-16H,3-13H2,1-2H3. The van der Waals surface area contributed by atoms with E-state index in [0.29, 0.717) is 18.6 Å². The molecular weight excluding hydrogens is 200 g/mol. The first-order chi connectivity index (χ1) is 7.74. The molecule has 0 amide bonds. The van der Waals surface area contributed by atoms with Crippen molar-refractivity contribution in [3.05, 3.63) is 0 Å². The zero-order chi connectivity index (χ0) is 12.3. The first-order valence-electron chi connectivity index (χ1n) is 6.96. The van der Waals surface area contributed by atoms with Crippen molar-refractivity contribution in [3.8, 4) is 0 Å². The van der Waals surface area contributed by atoms with Gasteiger partial charge in [-0.25, -0.2) is 0 Å². The van der Waals surface area contributed by atoms with Crippen LogP contribution in [-0.4, -0.2) is 23.4 Å². The van der Waals surface area contributed by atoms with Gasteiger partial charge < -0.3 is 10.2 Å². The molecule has 0 radical (unpaired) electrons. The topological polar surface area (TPSA) is 40.5 Å². The average molecular weight is 230 g/mol. The van der Waals surface area contributed by atoms with Crippen LogP contribution in [0.4, 0.5) is 0 Å². The second-order valence-electron chi connectivity index (χ2n) is 5.01. The fourth-order valence-corrected chi connectivity index (χ4v) is 2.84. The van der Waals surface area contributed by atoms with Crippen LogP contribution in [-0.2, 0) is 0 Å². The van der Waals surface area contributed by atoms with Crippen molar-refractivity contribution in [3.63, 3.8) is 0 Å². The van der Waals surface area contributed by atoms with E-state index in [9.17, 15) is 5.11 Å². The van der Waals surface area contributed by atoms with Gasteiger partial charge in [-0.2, -0.15) is 0 Å². The molecule has 0 rings (SSSR count). The van der Waals surface area contributed by atoms with Crippen LogP contribution < -0.4 is 0 Å². The van der Waals surface area contributed by atoms with Crippen molar-refractivity contribution < 1.29 is 10.2 Å². The van der Waals surface area contributed by atoms with E-state index >= 15 is 0 Å². The van der Waals surface area contributed by atoms with E-state index in [1.165, 1.54) is 38.5 Å². The van der Waals surface area contributed by atoms with Gasteiger partial charge in [0.1, 0.15) is 0 Å². The summed E-state index contributed by atoms with van der Waals surface area (Å²) in [4.78, 5) is 0. The van der Waals surface area contributed by atoms with Gasteiger partial charge in [-0.05, 0) is 37.5 Å². The summed E-state index contributed by atoms with van der Waals surface area (Å²) >= 11 is 0. The van der Waals surface area contributed by atoms with Gasteiger partial charge in [0.15, 0.2) is 0 Å². The smallest absolute Gasteiger partial charge is 0.0436 e. The van der Waals surface area contributed by atoms with E-state index in [1.54, 1.807) is 0 Å². The molecule has 0 fully saturated rings. The molecule has 0 saturated carbocycles. The van der Waals surface area contributed by atoms with E-state index < -0.39 is 0 Å². The molecule has 2 heteroatoms. The van der Waals surface area contributed by atoms with Crippen LogP contribution in [0.2, 0.25) is 0 Å². The molecule has 0 aliphatic rings. The highest BCUT2D eigenvalue weighted by Crippen LogP contribution is 2.38. The minimum Gasteiger partial charge on any atom is -0.396 e. The third-order valence-electron chi connectivity index (χ3n) is 3.57. The molecule has 0 aliphatic carbocycles. The Bertz CT molecular complexity index is 129. The summed E-state index contributed by atoms with van der Waals surface area (Å²) in [6, 6.07) is 0. The largest absolute Gasteiger partial charge is 0.396 e. The fourth-order valence-electron chi connectivity index (χ4n) is 2.84. The molecule has 16 heavy (non-hydrogen) atoms. The van der Waals surface area contributed by atoms with Crippen molar-refractivity contribution in [2.24, 2.45) is 5.41 Å². The van der Waals surface area contributed by atoms with Crippen molar-refractivity contribution in [2.45, 2.75) is 71.6 Å². The Hall–Kier alpha value is -0.0800. The third-order valence-corrected chi connectivity index (χ3v) is 3.57. The van der Waals surface area contributed by atoms with Crippen LogP contribution >= 0.6 is 0 Å². The summed E-state index contributed by atoms with van der Waals surface area (Å²) in [6.07, 6.45) is 10.3. The van der Waals surface area contributed by atoms with Gasteiger partial charge in [0.05, 0.1) is 0 Å². The predicted molar refractivity (Wildman–Crippen MR) is 69.5 cm³/mol. The second-order valence-corrected chi connectivity index (χ2v) is 5.01. The minimum absolute atomic E-state index is 0.314. The van der Waals surface area contributed by atoms with E-state index in [0.717, 1.165) is 19.3 Å². The van der Waals surface area contributed by atoms with Gasteiger partial charge in [-0.3, -0.25) is 0 Å². The molecular formula is C14H30O2. The Morgan fingerprint density at radius 3 is 1.75 bits per heavy atom. The maximum absolute atomic E-state index is 9.22. The quantitative estimate of drug-likeness (QED) is 0.533. The van der Waals surface area contributed by atoms with Crippen LogP contribution in [0.25, 0.3) is 0 Å². The first kappa shape index (κ1) is 15.9. The van der Waals surface area contributed by atoms with Gasteiger partial charge in [0.25, 0.3) is 0 Å². The Labute approximate surface area is 101 Å². The number of hydrogen-bond acceptors (Lipinski definition) is 2. The molecule has 0 unspecified atom stereocenters. The van der Waals surface area contributed by atoms with Gasteiger partial charge in [0.2, 0.25) is 0 Å². The van der Waals surface area contributed by atoms with E-state index in [1.807, 2.05) is 0 Å². The lowest BCUT2D eigenvalue weighted by Gasteiger charge is -2.33. The summed E-state index contributed by atoms with van der Waals surface area (Å²) in [5, 5.41) is 18.0. The Morgan fingerprint density at radius 2 is 1.31 bits per heavy atom. The number of aliphatic hydroxyl groups excluding tert-OH is 2. The van der Waals surface area contributed by atoms with Crippen LogP contribution in [0.3, 0.4) is 0 Å². The van der Waals surface area contributed by atoms with Crippen molar-refractivity contribution in [1.29, 1.82) is 0 Å². The van der Waals surface area contributed by atoms with E-state index in [-0.39, 0.29) is 0 Å². The van der Waals surface area contributed by atoms with Crippen LogP contribution in [0, 0.1) is 5.41 Å². The molecule has 0 aliphatic heterocycles. The summed E-state index contributed by atoms with van der Waals surface area (Å²) in [7, 11) is 0. The molecule has 0 bridgehead atoms. The van der Waals surface area contributed by atoms with Gasteiger partial charge >= 0.3 is 0 Å². The monoisotopic (exact) mass is 230 g/mol.